The Hall–Kier alpha value is -3.58. The Morgan fingerprint density at radius 3 is 2.44 bits per heavy atom. The first-order valence-electron chi connectivity index (χ1n) is 11.2. The second-order valence-corrected chi connectivity index (χ2v) is 8.16. The predicted molar refractivity (Wildman–Crippen MR) is 130 cm³/mol. The van der Waals surface area contributed by atoms with Crippen molar-refractivity contribution >= 4 is 17.8 Å². The molecule has 0 fully saturated rings. The molecule has 0 saturated carbocycles. The molecule has 0 aromatic heterocycles. The Labute approximate surface area is 200 Å². The van der Waals surface area contributed by atoms with Gasteiger partial charge in [-0.2, -0.15) is 0 Å². The summed E-state index contributed by atoms with van der Waals surface area (Å²) in [7, 11) is 3.05. The molecule has 3 rings (SSSR count). The van der Waals surface area contributed by atoms with Crippen LogP contribution in [0.3, 0.4) is 0 Å². The number of aliphatic hydroxyl groups is 1. The lowest BCUT2D eigenvalue weighted by molar-refractivity contribution is -0.129. The second-order valence-electron chi connectivity index (χ2n) is 8.16. The summed E-state index contributed by atoms with van der Waals surface area (Å²) in [4.78, 5) is 27.8. The number of ether oxygens (including phenoxy) is 3. The lowest BCUT2D eigenvalue weighted by atomic mass is 9.95. The summed E-state index contributed by atoms with van der Waals surface area (Å²) < 4.78 is 16.4. The highest BCUT2D eigenvalue weighted by Crippen LogP contribution is 2.41. The third kappa shape index (κ3) is 5.66. The number of hydrogen-bond acceptors (Lipinski definition) is 6. The van der Waals surface area contributed by atoms with Gasteiger partial charge >= 0.3 is 0 Å². The van der Waals surface area contributed by atoms with Gasteiger partial charge in [0.05, 0.1) is 31.9 Å². The van der Waals surface area contributed by atoms with Gasteiger partial charge in [0.2, 0.25) is 0 Å². The Bertz CT molecular complexity index is 1070. The molecule has 7 nitrogen and oxygen atoms in total. The van der Waals surface area contributed by atoms with Crippen LogP contribution in [0, 0.1) is 0 Å². The van der Waals surface area contributed by atoms with Gasteiger partial charge in [-0.15, -0.1) is 0 Å². The normalized spacial score (nSPS) is 16.1. The zero-order valence-electron chi connectivity index (χ0n) is 20.0. The molecule has 7 heteroatoms. The molecule has 1 amide bonds. The van der Waals surface area contributed by atoms with Gasteiger partial charge < -0.3 is 24.2 Å². The van der Waals surface area contributed by atoms with Crippen LogP contribution in [0.25, 0.3) is 6.08 Å². The maximum absolute atomic E-state index is 13.2. The predicted octanol–water partition coefficient (Wildman–Crippen LogP) is 4.50. The molecular weight excluding hydrogens is 434 g/mol. The third-order valence-electron chi connectivity index (χ3n) is 5.51. The van der Waals surface area contributed by atoms with Crippen molar-refractivity contribution in [2.24, 2.45) is 0 Å². The number of hydrogen-bond donors (Lipinski definition) is 1. The lowest BCUT2D eigenvalue weighted by Crippen LogP contribution is -2.32. The Balaban J connectivity index is 1.96. The fraction of sp³-hybridized carbons (Fsp3) is 0.333. The molecule has 0 bridgehead atoms. The zero-order valence-corrected chi connectivity index (χ0v) is 20.0. The first kappa shape index (κ1) is 25.1. The first-order chi connectivity index (χ1) is 16.4. The smallest absolute Gasteiger partial charge is 0.290 e. The highest BCUT2D eigenvalue weighted by molar-refractivity contribution is 6.14. The van der Waals surface area contributed by atoms with Crippen LogP contribution >= 0.6 is 0 Å². The Morgan fingerprint density at radius 1 is 1.09 bits per heavy atom. The summed E-state index contributed by atoms with van der Waals surface area (Å²) in [5.74, 6) is -0.561. The van der Waals surface area contributed by atoms with Crippen molar-refractivity contribution in [3.63, 3.8) is 0 Å². The minimum absolute atomic E-state index is 0.0363. The SMILES string of the molecule is COc1ccc([C@H]2C(C(=O)/C=C/c3ccccc3)=C(O)C(=O)N2CCCOC(C)C)cc1OC. The van der Waals surface area contributed by atoms with E-state index in [-0.39, 0.29) is 11.7 Å². The van der Waals surface area contributed by atoms with Gasteiger partial charge in [0.1, 0.15) is 0 Å². The third-order valence-corrected chi connectivity index (χ3v) is 5.51. The summed E-state index contributed by atoms with van der Waals surface area (Å²) in [6, 6.07) is 13.8. The number of amides is 1. The molecule has 1 aliphatic rings. The molecule has 0 radical (unpaired) electrons. The lowest BCUT2D eigenvalue weighted by Gasteiger charge is -2.27. The molecule has 2 aromatic rings. The molecule has 2 aromatic carbocycles. The number of benzene rings is 2. The van der Waals surface area contributed by atoms with Crippen molar-refractivity contribution in [2.45, 2.75) is 32.4 Å². The number of ketones is 1. The minimum Gasteiger partial charge on any atom is -0.503 e. The zero-order chi connectivity index (χ0) is 24.7. The van der Waals surface area contributed by atoms with Crippen LogP contribution in [0.1, 0.15) is 37.4 Å². The maximum Gasteiger partial charge on any atom is 0.290 e. The van der Waals surface area contributed by atoms with E-state index < -0.39 is 23.5 Å². The number of carbonyl (C=O) groups is 2. The van der Waals surface area contributed by atoms with Crippen molar-refractivity contribution in [1.82, 2.24) is 4.90 Å². The van der Waals surface area contributed by atoms with Crippen LogP contribution < -0.4 is 9.47 Å². The van der Waals surface area contributed by atoms with Crippen LogP contribution in [-0.2, 0) is 14.3 Å². The van der Waals surface area contributed by atoms with Crippen molar-refractivity contribution in [3.8, 4) is 11.5 Å². The standard InChI is InChI=1S/C27H31NO6/c1-18(2)34-16-8-15-28-25(20-12-14-22(32-3)23(17-20)33-4)24(26(30)27(28)31)21(29)13-11-19-9-6-5-7-10-19/h5-7,9-14,17-18,25,30H,8,15-16H2,1-4H3/b13-11+/t25-/m0/s1. The summed E-state index contributed by atoms with van der Waals surface area (Å²) >= 11 is 0. The van der Waals surface area contributed by atoms with Gasteiger partial charge in [0.15, 0.2) is 23.0 Å². The van der Waals surface area contributed by atoms with E-state index in [1.807, 2.05) is 44.2 Å². The summed E-state index contributed by atoms with van der Waals surface area (Å²) in [5, 5.41) is 10.7. The topological polar surface area (TPSA) is 85.3 Å². The number of nitrogens with zero attached hydrogens (tertiary/aromatic N) is 1. The summed E-state index contributed by atoms with van der Waals surface area (Å²) in [5.41, 5.74) is 1.51. The average molecular weight is 466 g/mol. The van der Waals surface area contributed by atoms with Gasteiger partial charge in [-0.1, -0.05) is 42.5 Å². The Morgan fingerprint density at radius 2 is 1.79 bits per heavy atom. The summed E-state index contributed by atoms with van der Waals surface area (Å²) in [6.07, 6.45) is 3.68. The van der Waals surface area contributed by atoms with Gasteiger partial charge in [-0.3, -0.25) is 9.59 Å². The summed E-state index contributed by atoms with van der Waals surface area (Å²) in [6.45, 7) is 4.65. The fourth-order valence-electron chi connectivity index (χ4n) is 3.89. The maximum atomic E-state index is 13.2. The van der Waals surface area contributed by atoms with Crippen molar-refractivity contribution in [2.75, 3.05) is 27.4 Å². The monoisotopic (exact) mass is 465 g/mol. The molecule has 180 valence electrons. The molecule has 1 atom stereocenters. The van der Waals surface area contributed by atoms with E-state index >= 15 is 0 Å². The highest BCUT2D eigenvalue weighted by atomic mass is 16.5. The second kappa shape index (κ2) is 11.5. The minimum atomic E-state index is -0.765. The van der Waals surface area contributed by atoms with E-state index in [9.17, 15) is 14.7 Å². The van der Waals surface area contributed by atoms with E-state index in [0.29, 0.717) is 36.6 Å². The van der Waals surface area contributed by atoms with E-state index in [0.717, 1.165) is 5.56 Å². The van der Waals surface area contributed by atoms with Crippen LogP contribution in [0.5, 0.6) is 11.5 Å². The molecule has 0 spiro atoms. The molecule has 0 saturated heterocycles. The number of allylic oxidation sites excluding steroid dienone is 1. The largest absolute Gasteiger partial charge is 0.503 e. The number of carbonyl (C=O) groups excluding carboxylic acids is 2. The van der Waals surface area contributed by atoms with Crippen LogP contribution in [0.4, 0.5) is 0 Å². The van der Waals surface area contributed by atoms with Gasteiger partial charge in [0.25, 0.3) is 5.91 Å². The number of methoxy groups -OCH3 is 2. The van der Waals surface area contributed by atoms with Crippen LogP contribution in [0.15, 0.2) is 65.9 Å². The van der Waals surface area contributed by atoms with E-state index in [1.165, 1.54) is 25.2 Å². The van der Waals surface area contributed by atoms with Gasteiger partial charge in [0, 0.05) is 13.2 Å². The Kier molecular flexibility index (Phi) is 8.49. The van der Waals surface area contributed by atoms with E-state index in [2.05, 4.69) is 0 Å². The highest BCUT2D eigenvalue weighted by Gasteiger charge is 2.42. The number of aliphatic hydroxyl groups excluding tert-OH is 1. The van der Waals surface area contributed by atoms with Gasteiger partial charge in [-0.25, -0.2) is 0 Å². The van der Waals surface area contributed by atoms with E-state index in [1.54, 1.807) is 24.3 Å². The molecule has 1 heterocycles. The fourth-order valence-corrected chi connectivity index (χ4v) is 3.89. The quantitative estimate of drug-likeness (QED) is 0.389. The van der Waals surface area contributed by atoms with E-state index in [4.69, 9.17) is 14.2 Å². The molecule has 0 unspecified atom stereocenters. The van der Waals surface area contributed by atoms with Gasteiger partial charge in [-0.05, 0) is 49.6 Å². The molecule has 1 N–H and O–H groups in total. The first-order valence-corrected chi connectivity index (χ1v) is 11.2. The van der Waals surface area contributed by atoms with Crippen molar-refractivity contribution in [1.29, 1.82) is 0 Å². The van der Waals surface area contributed by atoms with Crippen LogP contribution in [0.2, 0.25) is 0 Å². The van der Waals surface area contributed by atoms with Crippen molar-refractivity contribution < 1.29 is 28.9 Å². The molecule has 1 aliphatic heterocycles. The van der Waals surface area contributed by atoms with Crippen molar-refractivity contribution in [3.05, 3.63) is 77.1 Å². The molecule has 34 heavy (non-hydrogen) atoms. The molecule has 0 aliphatic carbocycles. The van der Waals surface area contributed by atoms with Crippen LogP contribution in [-0.4, -0.2) is 55.2 Å². The average Bonchev–Trinajstić information content (AvgIpc) is 3.10. The number of rotatable bonds is 11. The molecular formula is C27H31NO6.